The lowest BCUT2D eigenvalue weighted by Crippen LogP contribution is -2.24. The minimum atomic E-state index is -0.547. The van der Waals surface area contributed by atoms with Crippen LogP contribution in [0.25, 0.3) is 0 Å². The number of hydrogen-bond acceptors (Lipinski definition) is 5. The van der Waals surface area contributed by atoms with Crippen LogP contribution in [0.2, 0.25) is 0 Å². The Morgan fingerprint density at radius 3 is 2.43 bits per heavy atom. The van der Waals surface area contributed by atoms with Gasteiger partial charge in [-0.05, 0) is 51.8 Å². The molecule has 0 aliphatic carbocycles. The van der Waals surface area contributed by atoms with E-state index in [0.29, 0.717) is 24.3 Å². The topological polar surface area (TPSA) is 78.6 Å². The van der Waals surface area contributed by atoms with Gasteiger partial charge in [0.15, 0.2) is 0 Å². The van der Waals surface area contributed by atoms with Crippen LogP contribution in [-0.4, -0.2) is 24.1 Å². The fraction of sp³-hybridized carbons (Fsp3) is 0.500. The first-order valence-corrected chi connectivity index (χ1v) is 7.00. The minimum Gasteiger partial charge on any atom is -0.466 e. The van der Waals surface area contributed by atoms with E-state index in [-0.39, 0.29) is 12.4 Å². The SMILES string of the molecule is CCOC(=O)CCc1ccc(C(=O)OC(C)(C)C)cc1N. The Labute approximate surface area is 125 Å². The zero-order valence-corrected chi connectivity index (χ0v) is 13.1. The second-order valence-electron chi connectivity index (χ2n) is 5.72. The van der Waals surface area contributed by atoms with Gasteiger partial charge in [-0.25, -0.2) is 4.79 Å². The highest BCUT2D eigenvalue weighted by atomic mass is 16.6. The van der Waals surface area contributed by atoms with Gasteiger partial charge in [-0.1, -0.05) is 6.07 Å². The second-order valence-corrected chi connectivity index (χ2v) is 5.72. The molecule has 0 saturated heterocycles. The first-order chi connectivity index (χ1) is 9.73. The molecule has 0 heterocycles. The molecule has 1 aromatic rings. The van der Waals surface area contributed by atoms with Gasteiger partial charge in [-0.2, -0.15) is 0 Å². The first kappa shape index (κ1) is 17.0. The molecule has 0 unspecified atom stereocenters. The fourth-order valence-electron chi connectivity index (χ4n) is 1.76. The van der Waals surface area contributed by atoms with Crippen LogP contribution in [0, 0.1) is 0 Å². The lowest BCUT2D eigenvalue weighted by molar-refractivity contribution is -0.143. The maximum absolute atomic E-state index is 11.9. The third-order valence-electron chi connectivity index (χ3n) is 2.68. The maximum Gasteiger partial charge on any atom is 0.338 e. The number of benzene rings is 1. The third-order valence-corrected chi connectivity index (χ3v) is 2.68. The number of carbonyl (C=O) groups excluding carboxylic acids is 2. The van der Waals surface area contributed by atoms with Crippen LogP contribution in [0.5, 0.6) is 0 Å². The van der Waals surface area contributed by atoms with E-state index in [4.69, 9.17) is 15.2 Å². The molecular weight excluding hydrogens is 270 g/mol. The maximum atomic E-state index is 11.9. The summed E-state index contributed by atoms with van der Waals surface area (Å²) in [5.74, 6) is -0.667. The minimum absolute atomic E-state index is 0.256. The lowest BCUT2D eigenvalue weighted by atomic mass is 10.0. The molecule has 0 amide bonds. The monoisotopic (exact) mass is 293 g/mol. The van der Waals surface area contributed by atoms with Gasteiger partial charge in [-0.15, -0.1) is 0 Å². The molecule has 21 heavy (non-hydrogen) atoms. The van der Waals surface area contributed by atoms with E-state index in [1.54, 1.807) is 25.1 Å². The summed E-state index contributed by atoms with van der Waals surface area (Å²) in [5, 5.41) is 0. The number of nitrogen functional groups attached to an aromatic ring is 1. The van der Waals surface area contributed by atoms with Gasteiger partial charge in [-0.3, -0.25) is 4.79 Å². The standard InChI is InChI=1S/C16H23NO4/c1-5-20-14(18)9-8-11-6-7-12(10-13(11)17)15(19)21-16(2,3)4/h6-7,10H,5,8-9,17H2,1-4H3. The molecule has 116 valence electrons. The van der Waals surface area contributed by atoms with Gasteiger partial charge in [0.25, 0.3) is 0 Å². The van der Waals surface area contributed by atoms with Crippen molar-refractivity contribution < 1.29 is 19.1 Å². The Morgan fingerprint density at radius 1 is 1.24 bits per heavy atom. The summed E-state index contributed by atoms with van der Waals surface area (Å²) < 4.78 is 10.1. The van der Waals surface area contributed by atoms with Crippen LogP contribution in [0.4, 0.5) is 5.69 Å². The van der Waals surface area contributed by atoms with E-state index in [1.807, 2.05) is 20.8 Å². The predicted molar refractivity (Wildman–Crippen MR) is 81.0 cm³/mol. The van der Waals surface area contributed by atoms with Crippen LogP contribution >= 0.6 is 0 Å². The van der Waals surface area contributed by atoms with Crippen molar-refractivity contribution in [3.05, 3.63) is 29.3 Å². The fourth-order valence-corrected chi connectivity index (χ4v) is 1.76. The number of hydrogen-bond donors (Lipinski definition) is 1. The summed E-state index contributed by atoms with van der Waals surface area (Å²) in [4.78, 5) is 23.2. The van der Waals surface area contributed by atoms with E-state index in [1.165, 1.54) is 0 Å². The average molecular weight is 293 g/mol. The highest BCUT2D eigenvalue weighted by molar-refractivity contribution is 5.91. The van der Waals surface area contributed by atoms with Crippen molar-refractivity contribution in [2.24, 2.45) is 0 Å². The molecule has 1 aromatic carbocycles. The summed E-state index contributed by atoms with van der Waals surface area (Å²) in [5.41, 5.74) is 7.07. The third kappa shape index (κ3) is 5.85. The zero-order valence-electron chi connectivity index (χ0n) is 13.1. The van der Waals surface area contributed by atoms with Gasteiger partial charge in [0.05, 0.1) is 12.2 Å². The number of esters is 2. The van der Waals surface area contributed by atoms with Crippen molar-refractivity contribution in [2.45, 2.75) is 46.1 Å². The quantitative estimate of drug-likeness (QED) is 0.667. The molecule has 0 aliphatic heterocycles. The molecule has 5 nitrogen and oxygen atoms in total. The van der Waals surface area contributed by atoms with E-state index in [0.717, 1.165) is 5.56 Å². The largest absolute Gasteiger partial charge is 0.466 e. The predicted octanol–water partition coefficient (Wildman–Crippen LogP) is 2.72. The summed E-state index contributed by atoms with van der Waals surface area (Å²) in [6.07, 6.45) is 0.753. The highest BCUT2D eigenvalue weighted by Gasteiger charge is 2.18. The van der Waals surface area contributed by atoms with E-state index >= 15 is 0 Å². The summed E-state index contributed by atoms with van der Waals surface area (Å²) >= 11 is 0. The Morgan fingerprint density at radius 2 is 1.90 bits per heavy atom. The van der Waals surface area contributed by atoms with Gasteiger partial charge < -0.3 is 15.2 Å². The average Bonchev–Trinajstić information content (AvgIpc) is 2.35. The van der Waals surface area contributed by atoms with Gasteiger partial charge in [0.2, 0.25) is 0 Å². The van der Waals surface area contributed by atoms with Gasteiger partial charge >= 0.3 is 11.9 Å². The second kappa shape index (κ2) is 7.11. The van der Waals surface area contributed by atoms with Crippen molar-refractivity contribution in [1.29, 1.82) is 0 Å². The lowest BCUT2D eigenvalue weighted by Gasteiger charge is -2.19. The van der Waals surface area contributed by atoms with E-state index in [9.17, 15) is 9.59 Å². The molecule has 0 atom stereocenters. The molecule has 2 N–H and O–H groups in total. The van der Waals surface area contributed by atoms with Gasteiger partial charge in [0.1, 0.15) is 5.60 Å². The number of nitrogens with two attached hydrogens (primary N) is 1. The normalized spacial score (nSPS) is 11.0. The van der Waals surface area contributed by atoms with Crippen LogP contribution < -0.4 is 5.73 Å². The van der Waals surface area contributed by atoms with Crippen LogP contribution in [0.15, 0.2) is 18.2 Å². The number of carbonyl (C=O) groups is 2. The van der Waals surface area contributed by atoms with Crippen molar-refractivity contribution in [2.75, 3.05) is 12.3 Å². The first-order valence-electron chi connectivity index (χ1n) is 7.00. The highest BCUT2D eigenvalue weighted by Crippen LogP contribution is 2.19. The molecule has 1 rings (SSSR count). The molecule has 0 saturated carbocycles. The van der Waals surface area contributed by atoms with Crippen LogP contribution in [0.1, 0.15) is 50.0 Å². The Kier molecular flexibility index (Phi) is 5.76. The Balaban J connectivity index is 2.72. The smallest absolute Gasteiger partial charge is 0.338 e. The van der Waals surface area contributed by atoms with Crippen molar-refractivity contribution in [3.63, 3.8) is 0 Å². The Hall–Kier alpha value is -2.04. The summed E-state index contributed by atoms with van der Waals surface area (Å²) in [6, 6.07) is 4.98. The number of ether oxygens (including phenoxy) is 2. The van der Waals surface area contributed by atoms with Crippen LogP contribution in [-0.2, 0) is 20.7 Å². The molecule has 0 spiro atoms. The molecule has 0 radical (unpaired) electrons. The summed E-state index contributed by atoms with van der Waals surface area (Å²) in [7, 11) is 0. The van der Waals surface area contributed by atoms with Crippen molar-refractivity contribution in [3.8, 4) is 0 Å². The van der Waals surface area contributed by atoms with Crippen molar-refractivity contribution >= 4 is 17.6 Å². The summed E-state index contributed by atoms with van der Waals surface area (Å²) in [6.45, 7) is 7.56. The molecule has 0 bridgehead atoms. The van der Waals surface area contributed by atoms with E-state index in [2.05, 4.69) is 0 Å². The Bertz CT molecular complexity index is 517. The molecular formula is C16H23NO4. The van der Waals surface area contributed by atoms with E-state index < -0.39 is 11.6 Å². The molecule has 5 heteroatoms. The molecule has 0 aromatic heterocycles. The molecule has 0 fully saturated rings. The number of anilines is 1. The van der Waals surface area contributed by atoms with Crippen LogP contribution in [0.3, 0.4) is 0 Å². The number of rotatable bonds is 5. The van der Waals surface area contributed by atoms with Crippen molar-refractivity contribution in [1.82, 2.24) is 0 Å². The number of aryl methyl sites for hydroxylation is 1. The molecule has 0 aliphatic rings. The van der Waals surface area contributed by atoms with Gasteiger partial charge in [0, 0.05) is 12.1 Å². The zero-order chi connectivity index (χ0) is 16.0.